The minimum absolute atomic E-state index is 0.163. The molecule has 0 aliphatic carbocycles. The maximum absolute atomic E-state index is 14.1. The Morgan fingerprint density at radius 2 is 2.33 bits per heavy atom. The van der Waals surface area contributed by atoms with Gasteiger partial charge in [0.1, 0.15) is 12.2 Å². The maximum atomic E-state index is 14.1. The Labute approximate surface area is 120 Å². The number of nitro groups is 1. The van der Waals surface area contributed by atoms with E-state index in [1.165, 1.54) is 18.5 Å². The Bertz CT molecular complexity index is 646. The Kier molecular flexibility index (Phi) is 3.51. The molecule has 0 saturated carbocycles. The third-order valence-electron chi connectivity index (χ3n) is 3.72. The summed E-state index contributed by atoms with van der Waals surface area (Å²) >= 11 is 0. The largest absolute Gasteiger partial charge is 0.368 e. The van der Waals surface area contributed by atoms with E-state index in [-0.39, 0.29) is 11.6 Å². The number of rotatable bonds is 3. The predicted octanol–water partition coefficient (Wildman–Crippen LogP) is 2.24. The molecule has 1 fully saturated rings. The number of anilines is 1. The molecule has 0 unspecified atom stereocenters. The van der Waals surface area contributed by atoms with Crippen LogP contribution in [-0.4, -0.2) is 33.2 Å². The van der Waals surface area contributed by atoms with Gasteiger partial charge in [0.25, 0.3) is 5.69 Å². The molecule has 0 amide bonds. The summed E-state index contributed by atoms with van der Waals surface area (Å²) in [4.78, 5) is 16.1. The molecule has 7 nitrogen and oxygen atoms in total. The molecule has 0 bridgehead atoms. The van der Waals surface area contributed by atoms with E-state index in [2.05, 4.69) is 15.2 Å². The molecular formula is C13H14FN5O2. The first-order valence-electron chi connectivity index (χ1n) is 6.69. The first kappa shape index (κ1) is 13.5. The Hall–Kier alpha value is -2.51. The van der Waals surface area contributed by atoms with Crippen molar-refractivity contribution < 1.29 is 9.31 Å². The average Bonchev–Trinajstić information content (AvgIpc) is 3.01. The highest BCUT2D eigenvalue weighted by Crippen LogP contribution is 2.31. The minimum atomic E-state index is -0.597. The Balaban J connectivity index is 1.82. The van der Waals surface area contributed by atoms with E-state index in [0.29, 0.717) is 12.2 Å². The summed E-state index contributed by atoms with van der Waals surface area (Å²) in [6.07, 6.45) is 3.32. The fourth-order valence-corrected chi connectivity index (χ4v) is 2.70. The van der Waals surface area contributed by atoms with E-state index in [9.17, 15) is 14.5 Å². The molecule has 1 N–H and O–H groups in total. The number of nitro benzene ring substituents is 1. The van der Waals surface area contributed by atoms with Gasteiger partial charge in [-0.1, -0.05) is 0 Å². The van der Waals surface area contributed by atoms with Gasteiger partial charge in [-0.2, -0.15) is 5.10 Å². The highest BCUT2D eigenvalue weighted by atomic mass is 19.1. The van der Waals surface area contributed by atoms with Gasteiger partial charge in [-0.3, -0.25) is 15.2 Å². The zero-order valence-electron chi connectivity index (χ0n) is 11.2. The van der Waals surface area contributed by atoms with Crippen LogP contribution in [0.5, 0.6) is 0 Å². The number of nitrogens with zero attached hydrogens (tertiary/aromatic N) is 4. The van der Waals surface area contributed by atoms with Gasteiger partial charge in [-0.15, -0.1) is 0 Å². The second-order valence-electron chi connectivity index (χ2n) is 5.05. The summed E-state index contributed by atoms with van der Waals surface area (Å²) in [5, 5.41) is 17.3. The summed E-state index contributed by atoms with van der Waals surface area (Å²) in [6, 6.07) is 3.76. The SMILES string of the molecule is O=[N+]([O-])c1ccc(N2CCC[C@H](c3ncn[nH]3)C2)c(F)c1. The minimum Gasteiger partial charge on any atom is -0.368 e. The molecule has 110 valence electrons. The van der Waals surface area contributed by atoms with Gasteiger partial charge >= 0.3 is 0 Å². The van der Waals surface area contributed by atoms with Crippen LogP contribution in [0.1, 0.15) is 24.6 Å². The number of piperidine rings is 1. The monoisotopic (exact) mass is 291 g/mol. The van der Waals surface area contributed by atoms with Crippen LogP contribution in [0.3, 0.4) is 0 Å². The molecule has 0 spiro atoms. The number of aromatic amines is 1. The summed E-state index contributed by atoms with van der Waals surface area (Å²) in [7, 11) is 0. The quantitative estimate of drug-likeness (QED) is 0.692. The van der Waals surface area contributed by atoms with Crippen LogP contribution in [0.4, 0.5) is 15.8 Å². The summed E-state index contributed by atoms with van der Waals surface area (Å²) in [5.41, 5.74) is 0.157. The summed E-state index contributed by atoms with van der Waals surface area (Å²) < 4.78 is 14.1. The second-order valence-corrected chi connectivity index (χ2v) is 5.05. The number of benzene rings is 1. The molecule has 1 aliphatic rings. The number of nitrogens with one attached hydrogen (secondary N) is 1. The lowest BCUT2D eigenvalue weighted by molar-refractivity contribution is -0.385. The summed E-state index contributed by atoms with van der Waals surface area (Å²) in [6.45, 7) is 1.34. The molecular weight excluding hydrogens is 277 g/mol. The van der Waals surface area contributed by atoms with Crippen molar-refractivity contribution in [3.05, 3.63) is 46.3 Å². The van der Waals surface area contributed by atoms with Crippen LogP contribution in [0.25, 0.3) is 0 Å². The Morgan fingerprint density at radius 3 is 3.00 bits per heavy atom. The number of aromatic nitrogens is 3. The van der Waals surface area contributed by atoms with Crippen molar-refractivity contribution in [2.45, 2.75) is 18.8 Å². The fraction of sp³-hybridized carbons (Fsp3) is 0.385. The van der Waals surface area contributed by atoms with Crippen molar-refractivity contribution in [2.75, 3.05) is 18.0 Å². The molecule has 2 heterocycles. The van der Waals surface area contributed by atoms with Gasteiger partial charge in [0.15, 0.2) is 5.82 Å². The standard InChI is InChI=1S/C13H14FN5O2/c14-11-6-10(19(20)21)3-4-12(11)18-5-1-2-9(7-18)13-15-8-16-17-13/h3-4,6,8-9H,1-2,5,7H2,(H,15,16,17)/t9-/m0/s1. The van der Waals surface area contributed by atoms with Crippen LogP contribution in [-0.2, 0) is 0 Å². The van der Waals surface area contributed by atoms with Crippen LogP contribution in [0.2, 0.25) is 0 Å². The number of H-pyrrole nitrogens is 1. The van der Waals surface area contributed by atoms with Gasteiger partial charge in [0.05, 0.1) is 16.7 Å². The van der Waals surface area contributed by atoms with Gasteiger partial charge in [-0.05, 0) is 18.9 Å². The highest BCUT2D eigenvalue weighted by Gasteiger charge is 2.25. The van der Waals surface area contributed by atoms with Gasteiger partial charge < -0.3 is 4.90 Å². The third kappa shape index (κ3) is 2.69. The molecule has 21 heavy (non-hydrogen) atoms. The maximum Gasteiger partial charge on any atom is 0.272 e. The lowest BCUT2D eigenvalue weighted by Crippen LogP contribution is -2.35. The molecule has 1 aromatic heterocycles. The highest BCUT2D eigenvalue weighted by molar-refractivity contribution is 5.53. The number of hydrogen-bond acceptors (Lipinski definition) is 5. The van der Waals surface area contributed by atoms with Crippen molar-refractivity contribution in [3.63, 3.8) is 0 Å². The lowest BCUT2D eigenvalue weighted by Gasteiger charge is -2.33. The van der Waals surface area contributed by atoms with E-state index in [4.69, 9.17) is 0 Å². The van der Waals surface area contributed by atoms with Gasteiger partial charge in [0.2, 0.25) is 0 Å². The zero-order chi connectivity index (χ0) is 14.8. The van der Waals surface area contributed by atoms with Gasteiger partial charge in [-0.25, -0.2) is 9.37 Å². The molecule has 1 saturated heterocycles. The predicted molar refractivity (Wildman–Crippen MR) is 73.6 cm³/mol. The molecule has 1 aromatic carbocycles. The molecule has 8 heteroatoms. The fourth-order valence-electron chi connectivity index (χ4n) is 2.70. The Morgan fingerprint density at radius 1 is 1.48 bits per heavy atom. The van der Waals surface area contributed by atoms with Crippen LogP contribution >= 0.6 is 0 Å². The number of halogens is 1. The molecule has 1 atom stereocenters. The van der Waals surface area contributed by atoms with E-state index in [0.717, 1.165) is 31.3 Å². The first-order chi connectivity index (χ1) is 10.1. The van der Waals surface area contributed by atoms with E-state index >= 15 is 0 Å². The summed E-state index contributed by atoms with van der Waals surface area (Å²) in [5.74, 6) is 0.389. The van der Waals surface area contributed by atoms with Gasteiger partial charge in [0, 0.05) is 25.1 Å². The molecule has 0 radical (unpaired) electrons. The van der Waals surface area contributed by atoms with E-state index in [1.807, 2.05) is 4.90 Å². The van der Waals surface area contributed by atoms with Crippen LogP contribution < -0.4 is 4.90 Å². The van der Waals surface area contributed by atoms with Crippen LogP contribution in [0.15, 0.2) is 24.5 Å². The first-order valence-corrected chi connectivity index (χ1v) is 6.69. The third-order valence-corrected chi connectivity index (χ3v) is 3.72. The molecule has 1 aliphatic heterocycles. The van der Waals surface area contributed by atoms with Crippen molar-refractivity contribution >= 4 is 11.4 Å². The van der Waals surface area contributed by atoms with E-state index in [1.54, 1.807) is 0 Å². The lowest BCUT2D eigenvalue weighted by atomic mass is 9.97. The number of non-ortho nitro benzene ring substituents is 1. The topological polar surface area (TPSA) is 87.9 Å². The van der Waals surface area contributed by atoms with Crippen molar-refractivity contribution in [3.8, 4) is 0 Å². The zero-order valence-corrected chi connectivity index (χ0v) is 11.2. The van der Waals surface area contributed by atoms with E-state index < -0.39 is 10.7 Å². The van der Waals surface area contributed by atoms with Crippen molar-refractivity contribution in [2.24, 2.45) is 0 Å². The second kappa shape index (κ2) is 5.47. The smallest absolute Gasteiger partial charge is 0.272 e. The van der Waals surface area contributed by atoms with Crippen molar-refractivity contribution in [1.29, 1.82) is 0 Å². The van der Waals surface area contributed by atoms with Crippen LogP contribution in [0, 0.1) is 15.9 Å². The normalized spacial score (nSPS) is 18.7. The molecule has 2 aromatic rings. The number of hydrogen-bond donors (Lipinski definition) is 1. The molecule has 3 rings (SSSR count). The average molecular weight is 291 g/mol. The van der Waals surface area contributed by atoms with Crippen molar-refractivity contribution in [1.82, 2.24) is 15.2 Å².